The molecule has 0 aliphatic rings. The Hall–Kier alpha value is -0.0800. The minimum atomic E-state index is 0.644. The van der Waals surface area contributed by atoms with Gasteiger partial charge in [0.1, 0.15) is 0 Å². The van der Waals surface area contributed by atoms with Crippen molar-refractivity contribution in [2.75, 3.05) is 19.6 Å². The first-order valence-electron chi connectivity index (χ1n) is 5.66. The average Bonchev–Trinajstić information content (AvgIpc) is 2.10. The van der Waals surface area contributed by atoms with E-state index in [0.717, 1.165) is 13.1 Å². The Kier molecular flexibility index (Phi) is 8.46. The third-order valence-corrected chi connectivity index (χ3v) is 2.45. The zero-order chi connectivity index (χ0) is 10.1. The van der Waals surface area contributed by atoms with Gasteiger partial charge >= 0.3 is 0 Å². The lowest BCUT2D eigenvalue weighted by atomic mass is 10.2. The predicted octanol–water partition coefficient (Wildman–Crippen LogP) is 2.24. The summed E-state index contributed by atoms with van der Waals surface area (Å²) in [5.41, 5.74) is 5.56. The minimum Gasteiger partial charge on any atom is -0.329 e. The van der Waals surface area contributed by atoms with Crippen LogP contribution >= 0.6 is 0 Å². The van der Waals surface area contributed by atoms with Crippen LogP contribution in [0.25, 0.3) is 0 Å². The second-order valence-electron chi connectivity index (χ2n) is 3.98. The molecule has 0 saturated carbocycles. The molecule has 0 fully saturated rings. The van der Waals surface area contributed by atoms with Crippen LogP contribution in [-0.4, -0.2) is 30.6 Å². The zero-order valence-electron chi connectivity index (χ0n) is 9.55. The SMILES string of the molecule is CCCCCCN(CCN)C(C)C. The summed E-state index contributed by atoms with van der Waals surface area (Å²) >= 11 is 0. The van der Waals surface area contributed by atoms with E-state index in [1.54, 1.807) is 0 Å². The molecule has 2 nitrogen and oxygen atoms in total. The highest BCUT2D eigenvalue weighted by Gasteiger charge is 2.06. The maximum atomic E-state index is 5.56. The maximum absolute atomic E-state index is 5.56. The zero-order valence-corrected chi connectivity index (χ0v) is 9.55. The Morgan fingerprint density at radius 2 is 1.77 bits per heavy atom. The van der Waals surface area contributed by atoms with Crippen molar-refractivity contribution in [2.24, 2.45) is 5.73 Å². The van der Waals surface area contributed by atoms with Gasteiger partial charge in [0.05, 0.1) is 0 Å². The van der Waals surface area contributed by atoms with E-state index in [1.165, 1.54) is 32.2 Å². The van der Waals surface area contributed by atoms with Gasteiger partial charge < -0.3 is 5.73 Å². The van der Waals surface area contributed by atoms with Crippen LogP contribution < -0.4 is 5.73 Å². The van der Waals surface area contributed by atoms with Crippen molar-refractivity contribution in [2.45, 2.75) is 52.5 Å². The molecule has 0 unspecified atom stereocenters. The van der Waals surface area contributed by atoms with Crippen LogP contribution in [-0.2, 0) is 0 Å². The Morgan fingerprint density at radius 1 is 1.08 bits per heavy atom. The molecule has 2 heteroatoms. The van der Waals surface area contributed by atoms with E-state index in [0.29, 0.717) is 6.04 Å². The van der Waals surface area contributed by atoms with Gasteiger partial charge in [-0.25, -0.2) is 0 Å². The highest BCUT2D eigenvalue weighted by Crippen LogP contribution is 2.03. The van der Waals surface area contributed by atoms with E-state index in [-0.39, 0.29) is 0 Å². The standard InChI is InChI=1S/C11H26N2/c1-4-5-6-7-9-13(10-8-12)11(2)3/h11H,4-10,12H2,1-3H3. The van der Waals surface area contributed by atoms with Gasteiger partial charge in [0.2, 0.25) is 0 Å². The lowest BCUT2D eigenvalue weighted by Gasteiger charge is -2.25. The minimum absolute atomic E-state index is 0.644. The van der Waals surface area contributed by atoms with Crippen molar-refractivity contribution >= 4 is 0 Å². The molecule has 0 aromatic rings. The maximum Gasteiger partial charge on any atom is 0.0107 e. The number of nitrogens with two attached hydrogens (primary N) is 1. The number of unbranched alkanes of at least 4 members (excludes halogenated alkanes) is 3. The molecule has 0 saturated heterocycles. The molecule has 0 amide bonds. The van der Waals surface area contributed by atoms with Crippen molar-refractivity contribution in [3.8, 4) is 0 Å². The molecular formula is C11H26N2. The van der Waals surface area contributed by atoms with Crippen LogP contribution in [0.15, 0.2) is 0 Å². The monoisotopic (exact) mass is 186 g/mol. The topological polar surface area (TPSA) is 29.3 Å². The summed E-state index contributed by atoms with van der Waals surface area (Å²) in [6.07, 6.45) is 5.38. The third-order valence-electron chi connectivity index (χ3n) is 2.45. The molecule has 0 radical (unpaired) electrons. The molecular weight excluding hydrogens is 160 g/mol. The Morgan fingerprint density at radius 3 is 2.23 bits per heavy atom. The first-order valence-corrected chi connectivity index (χ1v) is 5.66. The lowest BCUT2D eigenvalue weighted by Crippen LogP contribution is -2.36. The van der Waals surface area contributed by atoms with E-state index in [9.17, 15) is 0 Å². The average molecular weight is 186 g/mol. The second-order valence-corrected chi connectivity index (χ2v) is 3.98. The molecule has 0 rings (SSSR count). The fourth-order valence-electron chi connectivity index (χ4n) is 1.54. The molecule has 0 heterocycles. The van der Waals surface area contributed by atoms with E-state index in [2.05, 4.69) is 25.7 Å². The van der Waals surface area contributed by atoms with Crippen molar-refractivity contribution in [1.29, 1.82) is 0 Å². The molecule has 0 aliphatic heterocycles. The van der Waals surface area contributed by atoms with Gasteiger partial charge in [-0.1, -0.05) is 26.2 Å². The smallest absolute Gasteiger partial charge is 0.0107 e. The molecule has 80 valence electrons. The molecule has 0 spiro atoms. The van der Waals surface area contributed by atoms with Gasteiger partial charge in [-0.3, -0.25) is 4.90 Å². The summed E-state index contributed by atoms with van der Waals surface area (Å²) in [7, 11) is 0. The number of hydrogen-bond acceptors (Lipinski definition) is 2. The van der Waals surface area contributed by atoms with Crippen molar-refractivity contribution in [1.82, 2.24) is 4.90 Å². The molecule has 2 N–H and O–H groups in total. The first kappa shape index (κ1) is 12.9. The Balaban J connectivity index is 3.45. The first-order chi connectivity index (χ1) is 6.22. The van der Waals surface area contributed by atoms with Crippen LogP contribution in [0, 0.1) is 0 Å². The van der Waals surface area contributed by atoms with Crippen LogP contribution in [0.2, 0.25) is 0 Å². The molecule has 0 bridgehead atoms. The highest BCUT2D eigenvalue weighted by atomic mass is 15.1. The number of nitrogens with zero attached hydrogens (tertiary/aromatic N) is 1. The van der Waals surface area contributed by atoms with Crippen molar-refractivity contribution in [3.05, 3.63) is 0 Å². The van der Waals surface area contributed by atoms with E-state index >= 15 is 0 Å². The van der Waals surface area contributed by atoms with Crippen LogP contribution in [0.3, 0.4) is 0 Å². The van der Waals surface area contributed by atoms with Gasteiger partial charge in [0, 0.05) is 19.1 Å². The van der Waals surface area contributed by atoms with Gasteiger partial charge in [-0.05, 0) is 26.8 Å². The third kappa shape index (κ3) is 7.03. The van der Waals surface area contributed by atoms with Crippen LogP contribution in [0.5, 0.6) is 0 Å². The fourth-order valence-corrected chi connectivity index (χ4v) is 1.54. The molecule has 13 heavy (non-hydrogen) atoms. The van der Waals surface area contributed by atoms with Crippen LogP contribution in [0.4, 0.5) is 0 Å². The number of rotatable bonds is 8. The van der Waals surface area contributed by atoms with E-state index in [1.807, 2.05) is 0 Å². The lowest BCUT2D eigenvalue weighted by molar-refractivity contribution is 0.223. The summed E-state index contributed by atoms with van der Waals surface area (Å²) in [5, 5.41) is 0. The highest BCUT2D eigenvalue weighted by molar-refractivity contribution is 4.62. The summed E-state index contributed by atoms with van der Waals surface area (Å²) in [6, 6.07) is 0.644. The number of hydrogen-bond donors (Lipinski definition) is 1. The summed E-state index contributed by atoms with van der Waals surface area (Å²) in [5.74, 6) is 0. The predicted molar refractivity (Wildman–Crippen MR) is 59.9 cm³/mol. The van der Waals surface area contributed by atoms with Gasteiger partial charge in [-0.15, -0.1) is 0 Å². The molecule has 0 atom stereocenters. The second kappa shape index (κ2) is 8.52. The molecule has 0 aromatic carbocycles. The van der Waals surface area contributed by atoms with Gasteiger partial charge in [0.25, 0.3) is 0 Å². The van der Waals surface area contributed by atoms with Gasteiger partial charge in [0.15, 0.2) is 0 Å². The van der Waals surface area contributed by atoms with E-state index in [4.69, 9.17) is 5.73 Å². The summed E-state index contributed by atoms with van der Waals surface area (Å²) < 4.78 is 0. The van der Waals surface area contributed by atoms with Crippen molar-refractivity contribution in [3.63, 3.8) is 0 Å². The van der Waals surface area contributed by atoms with E-state index < -0.39 is 0 Å². The molecule has 0 aromatic heterocycles. The fraction of sp³-hybridized carbons (Fsp3) is 1.00. The van der Waals surface area contributed by atoms with Crippen LogP contribution in [0.1, 0.15) is 46.5 Å². The molecule has 0 aliphatic carbocycles. The Bertz CT molecular complexity index is 102. The summed E-state index contributed by atoms with van der Waals surface area (Å²) in [6.45, 7) is 9.79. The Labute approximate surface area is 83.5 Å². The van der Waals surface area contributed by atoms with Gasteiger partial charge in [-0.2, -0.15) is 0 Å². The normalized spacial score (nSPS) is 11.5. The largest absolute Gasteiger partial charge is 0.329 e. The summed E-state index contributed by atoms with van der Waals surface area (Å²) in [4.78, 5) is 2.47. The quantitative estimate of drug-likeness (QED) is 0.589. The van der Waals surface area contributed by atoms with Crippen molar-refractivity contribution < 1.29 is 0 Å².